The van der Waals surface area contributed by atoms with Crippen LogP contribution in [0.3, 0.4) is 0 Å². The zero-order valence-corrected chi connectivity index (χ0v) is 17.1. The summed E-state index contributed by atoms with van der Waals surface area (Å²) in [6.45, 7) is 6.55. The monoisotopic (exact) mass is 494 g/mol. The van der Waals surface area contributed by atoms with Crippen LogP contribution in [0.4, 0.5) is 35.1 Å². The predicted molar refractivity (Wildman–Crippen MR) is 102 cm³/mol. The summed E-state index contributed by atoms with van der Waals surface area (Å²) in [5.41, 5.74) is -4.34. The van der Waals surface area contributed by atoms with Crippen molar-refractivity contribution in [2.24, 2.45) is 0 Å². The highest BCUT2D eigenvalue weighted by Crippen LogP contribution is 2.41. The molecule has 0 unspecified atom stereocenters. The summed E-state index contributed by atoms with van der Waals surface area (Å²) in [7, 11) is 0. The molecule has 0 saturated carbocycles. The highest BCUT2D eigenvalue weighted by Gasteiger charge is 2.36. The lowest BCUT2D eigenvalue weighted by atomic mass is 10.0. The van der Waals surface area contributed by atoms with Crippen LogP contribution in [-0.4, -0.2) is 11.9 Å². The molecular formula is C22H14F8O4. The van der Waals surface area contributed by atoms with Crippen LogP contribution in [0, 0.1) is 46.5 Å². The van der Waals surface area contributed by atoms with Crippen LogP contribution in [0.2, 0.25) is 0 Å². The molecule has 0 N–H and O–H groups in total. The van der Waals surface area contributed by atoms with Gasteiger partial charge in [0.1, 0.15) is 0 Å². The van der Waals surface area contributed by atoms with Crippen molar-refractivity contribution in [3.05, 3.63) is 71.8 Å². The molecule has 34 heavy (non-hydrogen) atoms. The van der Waals surface area contributed by atoms with E-state index in [1.165, 1.54) is 12.2 Å². The number of benzene rings is 2. The average Bonchev–Trinajstić information content (AvgIpc) is 2.81. The molecule has 0 amide bonds. The van der Waals surface area contributed by atoms with E-state index in [0.717, 1.165) is 0 Å². The second-order valence-electron chi connectivity index (χ2n) is 6.52. The minimum atomic E-state index is -2.52. The molecular weight excluding hydrogens is 480 g/mol. The number of hydrogen-bond donors (Lipinski definition) is 0. The average molecular weight is 494 g/mol. The van der Waals surface area contributed by atoms with Gasteiger partial charge < -0.3 is 9.47 Å². The van der Waals surface area contributed by atoms with Crippen molar-refractivity contribution < 1.29 is 54.2 Å². The van der Waals surface area contributed by atoms with Crippen molar-refractivity contribution in [3.8, 4) is 22.6 Å². The molecule has 0 spiro atoms. The first-order chi connectivity index (χ1) is 16.0. The van der Waals surface area contributed by atoms with Crippen molar-refractivity contribution >= 4 is 11.9 Å². The quantitative estimate of drug-likeness (QED) is 0.137. The Morgan fingerprint density at radius 2 is 0.824 bits per heavy atom. The summed E-state index contributed by atoms with van der Waals surface area (Å²) in [6, 6.07) is 0. The van der Waals surface area contributed by atoms with Crippen molar-refractivity contribution in [1.82, 2.24) is 0 Å². The summed E-state index contributed by atoms with van der Waals surface area (Å²) in [5.74, 6) is -26.1. The maximum absolute atomic E-state index is 14.5. The Bertz CT molecular complexity index is 1030. The lowest BCUT2D eigenvalue weighted by Crippen LogP contribution is -2.15. The molecule has 2 aromatic carbocycles. The molecule has 182 valence electrons. The third-order valence-corrected chi connectivity index (χ3v) is 4.23. The first-order valence-electron chi connectivity index (χ1n) is 9.33. The van der Waals surface area contributed by atoms with Crippen molar-refractivity contribution in [2.75, 3.05) is 0 Å². The summed E-state index contributed by atoms with van der Waals surface area (Å²) in [4.78, 5) is 23.1. The number of carbonyl (C=O) groups is 2. The second kappa shape index (κ2) is 10.9. The van der Waals surface area contributed by atoms with E-state index in [9.17, 15) is 44.7 Å². The standard InChI is InChI=1S/C22H14F8O4/c1-3-5-7-9(31)33-21-17(27)13(23)11(14(24)18(21)28)12-15(25)19(29)22(20(30)16(12)26)34-10(32)8-6-4-2/h3-4H,1-2,5-8H2. The molecule has 0 fully saturated rings. The Balaban J connectivity index is 2.66. The van der Waals surface area contributed by atoms with E-state index in [2.05, 4.69) is 22.6 Å². The highest BCUT2D eigenvalue weighted by atomic mass is 19.2. The largest absolute Gasteiger partial charge is 0.420 e. The summed E-state index contributed by atoms with van der Waals surface area (Å²) in [5, 5.41) is 0. The first kappa shape index (κ1) is 26.6. The summed E-state index contributed by atoms with van der Waals surface area (Å²) in [6.07, 6.45) is 1.44. The van der Waals surface area contributed by atoms with Gasteiger partial charge in [0, 0.05) is 12.8 Å². The van der Waals surface area contributed by atoms with E-state index in [4.69, 9.17) is 0 Å². The van der Waals surface area contributed by atoms with Crippen LogP contribution in [0.5, 0.6) is 11.5 Å². The Labute approximate surface area is 187 Å². The first-order valence-corrected chi connectivity index (χ1v) is 9.33. The van der Waals surface area contributed by atoms with Gasteiger partial charge in [-0.15, -0.1) is 13.2 Å². The molecule has 0 aliphatic heterocycles. The van der Waals surface area contributed by atoms with Gasteiger partial charge in [0.05, 0.1) is 11.1 Å². The second-order valence-corrected chi connectivity index (χ2v) is 6.52. The topological polar surface area (TPSA) is 52.6 Å². The fourth-order valence-electron chi connectivity index (χ4n) is 2.61. The Kier molecular flexibility index (Phi) is 8.55. The molecule has 0 bridgehead atoms. The number of hydrogen-bond acceptors (Lipinski definition) is 4. The molecule has 0 aliphatic carbocycles. The van der Waals surface area contributed by atoms with Gasteiger partial charge in [-0.3, -0.25) is 9.59 Å². The lowest BCUT2D eigenvalue weighted by Gasteiger charge is -2.15. The molecule has 2 rings (SSSR count). The van der Waals surface area contributed by atoms with Crippen molar-refractivity contribution in [2.45, 2.75) is 25.7 Å². The van der Waals surface area contributed by atoms with E-state index < -0.39 is 93.9 Å². The zero-order valence-electron chi connectivity index (χ0n) is 17.1. The maximum atomic E-state index is 14.5. The molecule has 0 atom stereocenters. The van der Waals surface area contributed by atoms with E-state index in [0.29, 0.717) is 0 Å². The number of halogens is 8. The van der Waals surface area contributed by atoms with Gasteiger partial charge in [0.25, 0.3) is 0 Å². The van der Waals surface area contributed by atoms with Crippen LogP contribution >= 0.6 is 0 Å². The van der Waals surface area contributed by atoms with Gasteiger partial charge in [0.2, 0.25) is 34.8 Å². The van der Waals surface area contributed by atoms with E-state index in [-0.39, 0.29) is 12.8 Å². The maximum Gasteiger partial charge on any atom is 0.311 e. The van der Waals surface area contributed by atoms with Crippen LogP contribution in [0.25, 0.3) is 11.1 Å². The van der Waals surface area contributed by atoms with Gasteiger partial charge in [0.15, 0.2) is 23.3 Å². The normalized spacial score (nSPS) is 10.7. The lowest BCUT2D eigenvalue weighted by molar-refractivity contribution is -0.135. The minimum Gasteiger partial charge on any atom is -0.420 e. The highest BCUT2D eigenvalue weighted by molar-refractivity contribution is 5.75. The zero-order chi connectivity index (χ0) is 25.7. The van der Waals surface area contributed by atoms with Gasteiger partial charge >= 0.3 is 11.9 Å². The third-order valence-electron chi connectivity index (χ3n) is 4.23. The number of ether oxygens (including phenoxy) is 2. The van der Waals surface area contributed by atoms with Crippen LogP contribution in [0.1, 0.15) is 25.7 Å². The SMILES string of the molecule is C=CCCC(=O)Oc1c(F)c(F)c(-c2c(F)c(F)c(OC(=O)CCC=C)c(F)c2F)c(F)c1F. The molecule has 0 aliphatic rings. The van der Waals surface area contributed by atoms with E-state index >= 15 is 0 Å². The molecule has 2 aromatic rings. The fourth-order valence-corrected chi connectivity index (χ4v) is 2.61. The molecule has 0 heterocycles. The Morgan fingerprint density at radius 1 is 0.559 bits per heavy atom. The summed E-state index contributed by atoms with van der Waals surface area (Å²) >= 11 is 0. The predicted octanol–water partition coefficient (Wildman–Crippen LogP) is 6.21. The summed E-state index contributed by atoms with van der Waals surface area (Å²) < 4.78 is 124. The van der Waals surface area contributed by atoms with E-state index in [1.54, 1.807) is 0 Å². The molecule has 0 aromatic heterocycles. The third kappa shape index (κ3) is 5.10. The molecule has 12 heteroatoms. The van der Waals surface area contributed by atoms with Gasteiger partial charge in [-0.2, -0.15) is 17.6 Å². The van der Waals surface area contributed by atoms with Crippen LogP contribution in [0.15, 0.2) is 25.3 Å². The van der Waals surface area contributed by atoms with Crippen LogP contribution in [-0.2, 0) is 9.59 Å². The Hall–Kier alpha value is -3.70. The number of carbonyl (C=O) groups excluding carboxylic acids is 2. The minimum absolute atomic E-state index is 0.0232. The molecule has 4 nitrogen and oxygen atoms in total. The van der Waals surface area contributed by atoms with Gasteiger partial charge in [-0.05, 0) is 12.8 Å². The number of esters is 2. The van der Waals surface area contributed by atoms with E-state index in [1.807, 2.05) is 0 Å². The van der Waals surface area contributed by atoms with Crippen LogP contribution < -0.4 is 9.47 Å². The van der Waals surface area contributed by atoms with Crippen molar-refractivity contribution in [1.29, 1.82) is 0 Å². The van der Waals surface area contributed by atoms with Gasteiger partial charge in [-0.1, -0.05) is 12.2 Å². The smallest absolute Gasteiger partial charge is 0.311 e. The number of rotatable bonds is 9. The fraction of sp³-hybridized carbons (Fsp3) is 0.182. The van der Waals surface area contributed by atoms with Crippen molar-refractivity contribution in [3.63, 3.8) is 0 Å². The molecule has 0 saturated heterocycles. The van der Waals surface area contributed by atoms with Gasteiger partial charge in [-0.25, -0.2) is 17.6 Å². The Morgan fingerprint density at radius 3 is 1.06 bits per heavy atom. The number of allylic oxidation sites excluding steroid dienone is 2. The molecule has 0 radical (unpaired) electrons.